The molecule has 0 spiro atoms. The molecule has 0 atom stereocenters. The highest BCUT2D eigenvalue weighted by Crippen LogP contribution is 2.07. The van der Waals surface area contributed by atoms with Gasteiger partial charge in [-0.25, -0.2) is 9.97 Å². The maximum atomic E-state index is 12.0. The molecule has 0 aliphatic heterocycles. The largest absolute Gasteiger partial charge is 0.268 e. The fourth-order valence-electron chi connectivity index (χ4n) is 1.61. The fourth-order valence-corrected chi connectivity index (χ4v) is 1.61. The minimum Gasteiger partial charge on any atom is -0.268 e. The van der Waals surface area contributed by atoms with Gasteiger partial charge in [0.1, 0.15) is 12.0 Å². The number of fused-ring (bicyclic) bond motifs is 2. The number of para-hydroxylation sites is 1. The lowest BCUT2D eigenvalue weighted by molar-refractivity contribution is 1.01. The first-order chi connectivity index (χ1) is 7.36. The van der Waals surface area contributed by atoms with Crippen LogP contribution < -0.4 is 5.56 Å². The molecule has 4 heteroatoms. The molecule has 2 aromatic heterocycles. The molecule has 15 heavy (non-hydrogen) atoms. The first kappa shape index (κ1) is 8.11. The average molecular weight is 197 g/mol. The zero-order valence-electron chi connectivity index (χ0n) is 7.79. The Kier molecular flexibility index (Phi) is 1.56. The van der Waals surface area contributed by atoms with Gasteiger partial charge in [0.25, 0.3) is 5.56 Å². The van der Waals surface area contributed by atoms with Crippen molar-refractivity contribution in [2.75, 3.05) is 0 Å². The Morgan fingerprint density at radius 3 is 2.93 bits per heavy atom. The molecule has 3 rings (SSSR count). The maximum Gasteiger partial charge on any atom is 0.266 e. The van der Waals surface area contributed by atoms with Gasteiger partial charge in [-0.05, 0) is 18.2 Å². The lowest BCUT2D eigenvalue weighted by atomic mass is 10.2. The summed E-state index contributed by atoms with van der Waals surface area (Å²) in [5.74, 6) is 0. The second-order valence-electron chi connectivity index (χ2n) is 3.24. The second kappa shape index (κ2) is 2.88. The van der Waals surface area contributed by atoms with E-state index in [1.54, 1.807) is 18.3 Å². The van der Waals surface area contributed by atoms with E-state index in [1.807, 2.05) is 18.2 Å². The fraction of sp³-hybridized carbons (Fsp3) is 0. The first-order valence-electron chi connectivity index (χ1n) is 4.57. The predicted molar refractivity (Wildman–Crippen MR) is 56.8 cm³/mol. The first-order valence-corrected chi connectivity index (χ1v) is 4.57. The predicted octanol–water partition coefficient (Wildman–Crippen LogP) is 1.24. The number of benzene rings is 1. The normalized spacial score (nSPS) is 10.9. The summed E-state index contributed by atoms with van der Waals surface area (Å²) in [4.78, 5) is 20.2. The molecular formula is C11H7N3O. The summed E-state index contributed by atoms with van der Waals surface area (Å²) in [5, 5.41) is 0.614. The molecule has 0 aliphatic carbocycles. The van der Waals surface area contributed by atoms with Gasteiger partial charge < -0.3 is 0 Å². The Morgan fingerprint density at radius 2 is 2.00 bits per heavy atom. The highest BCUT2D eigenvalue weighted by Gasteiger charge is 2.02. The van der Waals surface area contributed by atoms with Crippen LogP contribution in [0.25, 0.3) is 16.6 Å². The van der Waals surface area contributed by atoms with Gasteiger partial charge >= 0.3 is 0 Å². The third kappa shape index (κ3) is 1.11. The summed E-state index contributed by atoms with van der Waals surface area (Å²) >= 11 is 0. The van der Waals surface area contributed by atoms with E-state index < -0.39 is 0 Å². The van der Waals surface area contributed by atoms with Crippen molar-refractivity contribution in [2.45, 2.75) is 0 Å². The van der Waals surface area contributed by atoms with Crippen LogP contribution >= 0.6 is 0 Å². The van der Waals surface area contributed by atoms with E-state index in [0.29, 0.717) is 16.6 Å². The number of rotatable bonds is 0. The summed E-state index contributed by atoms with van der Waals surface area (Å²) in [6, 6.07) is 9.01. The van der Waals surface area contributed by atoms with Crippen LogP contribution in [0.1, 0.15) is 0 Å². The van der Waals surface area contributed by atoms with Crippen LogP contribution in [0.4, 0.5) is 0 Å². The van der Waals surface area contributed by atoms with Crippen LogP contribution in [-0.4, -0.2) is 14.4 Å². The Hall–Kier alpha value is -2.23. The monoisotopic (exact) mass is 197 g/mol. The Morgan fingerprint density at radius 1 is 1.13 bits per heavy atom. The zero-order valence-corrected chi connectivity index (χ0v) is 7.79. The minimum atomic E-state index is -0.0799. The van der Waals surface area contributed by atoms with Crippen molar-refractivity contribution in [3.8, 4) is 0 Å². The van der Waals surface area contributed by atoms with E-state index in [9.17, 15) is 4.79 Å². The molecule has 0 saturated heterocycles. The molecule has 0 saturated carbocycles. The van der Waals surface area contributed by atoms with Crippen LogP contribution in [0.15, 0.2) is 47.7 Å². The quantitative estimate of drug-likeness (QED) is 0.509. The number of nitrogens with zero attached hydrogens (tertiary/aromatic N) is 3. The molecule has 0 N–H and O–H groups in total. The van der Waals surface area contributed by atoms with Crippen LogP contribution in [0.5, 0.6) is 0 Å². The SMILES string of the molecule is O=c1c2ccccc2nc2ccncn12. The lowest BCUT2D eigenvalue weighted by Gasteiger charge is -2.00. The highest BCUT2D eigenvalue weighted by molar-refractivity contribution is 5.79. The average Bonchev–Trinajstić information content (AvgIpc) is 2.30. The van der Waals surface area contributed by atoms with Gasteiger partial charge in [-0.3, -0.25) is 9.20 Å². The molecule has 0 bridgehead atoms. The van der Waals surface area contributed by atoms with E-state index in [0.717, 1.165) is 0 Å². The molecule has 2 heterocycles. The van der Waals surface area contributed by atoms with Crippen LogP contribution in [0, 0.1) is 0 Å². The van der Waals surface area contributed by atoms with Crippen molar-refractivity contribution >= 4 is 16.6 Å². The van der Waals surface area contributed by atoms with Crippen molar-refractivity contribution < 1.29 is 0 Å². The van der Waals surface area contributed by atoms with Crippen LogP contribution in [0.3, 0.4) is 0 Å². The van der Waals surface area contributed by atoms with Gasteiger partial charge in [0.2, 0.25) is 0 Å². The molecule has 4 nitrogen and oxygen atoms in total. The van der Waals surface area contributed by atoms with E-state index in [2.05, 4.69) is 9.97 Å². The van der Waals surface area contributed by atoms with E-state index in [4.69, 9.17) is 0 Å². The molecular weight excluding hydrogens is 190 g/mol. The van der Waals surface area contributed by atoms with E-state index >= 15 is 0 Å². The zero-order chi connectivity index (χ0) is 10.3. The van der Waals surface area contributed by atoms with Gasteiger partial charge in [0.05, 0.1) is 10.9 Å². The number of hydrogen-bond donors (Lipinski definition) is 0. The maximum absolute atomic E-state index is 12.0. The van der Waals surface area contributed by atoms with Crippen LogP contribution in [0.2, 0.25) is 0 Å². The standard InChI is InChI=1S/C11H7N3O/c15-11-8-3-1-2-4-9(8)13-10-5-6-12-7-14(10)11/h1-7H. The number of aromatic nitrogens is 3. The highest BCUT2D eigenvalue weighted by atomic mass is 16.1. The van der Waals surface area contributed by atoms with Crippen molar-refractivity contribution in [1.29, 1.82) is 0 Å². The van der Waals surface area contributed by atoms with Gasteiger partial charge in [-0.1, -0.05) is 12.1 Å². The minimum absolute atomic E-state index is 0.0799. The molecule has 1 aromatic carbocycles. The lowest BCUT2D eigenvalue weighted by Crippen LogP contribution is -2.15. The molecule has 0 amide bonds. The Balaban J connectivity index is 2.66. The third-order valence-corrected chi connectivity index (χ3v) is 2.33. The third-order valence-electron chi connectivity index (χ3n) is 2.33. The molecule has 72 valence electrons. The van der Waals surface area contributed by atoms with Crippen molar-refractivity contribution in [2.24, 2.45) is 0 Å². The summed E-state index contributed by atoms with van der Waals surface area (Å²) < 4.78 is 1.45. The van der Waals surface area contributed by atoms with E-state index in [1.165, 1.54) is 10.7 Å². The summed E-state index contributed by atoms with van der Waals surface area (Å²) in [6.07, 6.45) is 3.10. The molecule has 0 aliphatic rings. The number of hydrogen-bond acceptors (Lipinski definition) is 3. The van der Waals surface area contributed by atoms with Gasteiger partial charge in [0.15, 0.2) is 0 Å². The van der Waals surface area contributed by atoms with Gasteiger partial charge in [-0.2, -0.15) is 0 Å². The summed E-state index contributed by atoms with van der Waals surface area (Å²) in [6.45, 7) is 0. The van der Waals surface area contributed by atoms with Crippen molar-refractivity contribution in [3.05, 3.63) is 53.2 Å². The Labute approximate surface area is 84.8 Å². The van der Waals surface area contributed by atoms with Gasteiger partial charge in [0, 0.05) is 6.20 Å². The summed E-state index contributed by atoms with van der Waals surface area (Å²) in [7, 11) is 0. The van der Waals surface area contributed by atoms with Crippen LogP contribution in [-0.2, 0) is 0 Å². The topological polar surface area (TPSA) is 47.3 Å². The summed E-state index contributed by atoms with van der Waals surface area (Å²) in [5.41, 5.74) is 1.26. The molecule has 0 fully saturated rings. The molecule has 0 unspecified atom stereocenters. The van der Waals surface area contributed by atoms with E-state index in [-0.39, 0.29) is 5.56 Å². The van der Waals surface area contributed by atoms with Gasteiger partial charge in [-0.15, -0.1) is 0 Å². The van der Waals surface area contributed by atoms with Crippen molar-refractivity contribution in [1.82, 2.24) is 14.4 Å². The smallest absolute Gasteiger partial charge is 0.266 e. The molecule has 0 radical (unpaired) electrons. The Bertz CT molecular complexity index is 646. The second-order valence-corrected chi connectivity index (χ2v) is 3.24. The van der Waals surface area contributed by atoms with Crippen molar-refractivity contribution in [3.63, 3.8) is 0 Å². The molecule has 3 aromatic rings.